The van der Waals surface area contributed by atoms with Crippen LogP contribution in [0.1, 0.15) is 47.7 Å². The van der Waals surface area contributed by atoms with Crippen molar-refractivity contribution in [2.24, 2.45) is 0 Å². The number of benzene rings is 2. The van der Waals surface area contributed by atoms with Crippen molar-refractivity contribution < 1.29 is 9.53 Å². The lowest BCUT2D eigenvalue weighted by Crippen LogP contribution is -2.21. The number of aromatic nitrogens is 1. The van der Waals surface area contributed by atoms with E-state index in [2.05, 4.69) is 29.5 Å². The Morgan fingerprint density at radius 2 is 1.60 bits per heavy atom. The minimum Gasteiger partial charge on any atom is -0.487 e. The molecule has 1 aromatic heterocycles. The minimum atomic E-state index is -0.320. The smallest absolute Gasteiger partial charge is 0.324 e. The molecule has 0 saturated carbocycles. The predicted molar refractivity (Wildman–Crippen MR) is 122 cm³/mol. The monoisotopic (exact) mass is 403 g/mol. The number of urea groups is 1. The lowest BCUT2D eigenvalue weighted by molar-refractivity contribution is 0.262. The lowest BCUT2D eigenvalue weighted by Gasteiger charge is -2.17. The molecule has 30 heavy (non-hydrogen) atoms. The van der Waals surface area contributed by atoms with Crippen LogP contribution in [0.3, 0.4) is 0 Å². The van der Waals surface area contributed by atoms with Crippen LogP contribution in [0.2, 0.25) is 0 Å². The average Bonchev–Trinajstić information content (AvgIpc) is 2.73. The third-order valence-corrected chi connectivity index (χ3v) is 5.16. The zero-order valence-corrected chi connectivity index (χ0v) is 18.2. The van der Waals surface area contributed by atoms with Gasteiger partial charge in [-0.1, -0.05) is 56.3 Å². The molecular weight excluding hydrogens is 374 g/mol. The first kappa shape index (κ1) is 21.4. The highest BCUT2D eigenvalue weighted by molar-refractivity contribution is 5.99. The molecule has 2 aromatic carbocycles. The van der Waals surface area contributed by atoms with Gasteiger partial charge < -0.3 is 10.1 Å². The topological polar surface area (TPSA) is 63.2 Å². The quantitative estimate of drug-likeness (QED) is 0.504. The number of anilines is 2. The standard InChI is InChI=1S/C25H29N3O2/c1-16(2)21-11-13-22(14-12-21)27-25(29)28-24-18(4)17(3)23(19(5)26-24)30-15-20-9-7-6-8-10-20/h6-14,16H,15H2,1-5H3,(H2,26,27,28,29). The summed E-state index contributed by atoms with van der Waals surface area (Å²) in [6.45, 7) is 10.6. The van der Waals surface area contributed by atoms with Gasteiger partial charge in [-0.3, -0.25) is 5.32 Å². The third kappa shape index (κ3) is 5.17. The molecule has 0 aliphatic carbocycles. The number of nitrogens with one attached hydrogen (secondary N) is 2. The summed E-state index contributed by atoms with van der Waals surface area (Å²) in [7, 11) is 0. The van der Waals surface area contributed by atoms with Crippen LogP contribution in [0.4, 0.5) is 16.3 Å². The lowest BCUT2D eigenvalue weighted by atomic mass is 10.0. The van der Waals surface area contributed by atoms with Gasteiger partial charge in [0, 0.05) is 5.69 Å². The molecule has 3 rings (SSSR count). The van der Waals surface area contributed by atoms with Crippen LogP contribution in [0.5, 0.6) is 5.75 Å². The molecule has 0 unspecified atom stereocenters. The second-order valence-corrected chi connectivity index (χ2v) is 7.76. The van der Waals surface area contributed by atoms with Crippen molar-refractivity contribution in [2.75, 3.05) is 10.6 Å². The molecule has 0 radical (unpaired) electrons. The molecule has 3 aromatic rings. The number of hydrogen-bond acceptors (Lipinski definition) is 3. The van der Waals surface area contributed by atoms with Gasteiger partial charge in [0.25, 0.3) is 0 Å². The van der Waals surface area contributed by atoms with Crippen LogP contribution < -0.4 is 15.4 Å². The molecule has 2 amide bonds. The molecule has 0 bridgehead atoms. The molecular formula is C25H29N3O2. The SMILES string of the molecule is Cc1nc(NC(=O)Nc2ccc(C(C)C)cc2)c(C)c(C)c1OCc1ccccc1. The summed E-state index contributed by atoms with van der Waals surface area (Å²) in [5.74, 6) is 1.74. The van der Waals surface area contributed by atoms with E-state index in [1.165, 1.54) is 5.56 Å². The summed E-state index contributed by atoms with van der Waals surface area (Å²) < 4.78 is 6.03. The average molecular weight is 404 g/mol. The van der Waals surface area contributed by atoms with E-state index in [0.29, 0.717) is 18.3 Å². The Kier molecular flexibility index (Phi) is 6.72. The molecule has 0 spiro atoms. The largest absolute Gasteiger partial charge is 0.487 e. The number of hydrogen-bond donors (Lipinski definition) is 2. The number of amides is 2. The van der Waals surface area contributed by atoms with Crippen LogP contribution in [-0.2, 0) is 6.61 Å². The molecule has 5 nitrogen and oxygen atoms in total. The maximum absolute atomic E-state index is 12.5. The number of nitrogens with zero attached hydrogens (tertiary/aromatic N) is 1. The maximum Gasteiger partial charge on any atom is 0.324 e. The van der Waals surface area contributed by atoms with Crippen molar-refractivity contribution in [1.82, 2.24) is 4.98 Å². The Labute approximate surface area is 178 Å². The Bertz CT molecular complexity index is 1010. The first-order chi connectivity index (χ1) is 14.3. The first-order valence-electron chi connectivity index (χ1n) is 10.2. The predicted octanol–water partition coefficient (Wildman–Crippen LogP) is 6.35. The number of aryl methyl sites for hydroxylation is 1. The molecule has 0 fully saturated rings. The maximum atomic E-state index is 12.5. The van der Waals surface area contributed by atoms with Crippen molar-refractivity contribution >= 4 is 17.5 Å². The van der Waals surface area contributed by atoms with Gasteiger partial charge in [-0.2, -0.15) is 0 Å². The second-order valence-electron chi connectivity index (χ2n) is 7.76. The van der Waals surface area contributed by atoms with E-state index in [9.17, 15) is 4.79 Å². The Morgan fingerprint density at radius 1 is 0.933 bits per heavy atom. The third-order valence-electron chi connectivity index (χ3n) is 5.16. The molecule has 0 atom stereocenters. The van der Waals surface area contributed by atoms with Crippen molar-refractivity contribution in [1.29, 1.82) is 0 Å². The Balaban J connectivity index is 1.69. The van der Waals surface area contributed by atoms with Crippen molar-refractivity contribution in [2.45, 2.75) is 47.1 Å². The van der Waals surface area contributed by atoms with Crippen LogP contribution in [-0.4, -0.2) is 11.0 Å². The molecule has 0 aliphatic rings. The van der Waals surface area contributed by atoms with Crippen LogP contribution in [0.15, 0.2) is 54.6 Å². The van der Waals surface area contributed by atoms with Gasteiger partial charge in [-0.05, 0) is 61.1 Å². The molecule has 0 aliphatic heterocycles. The fourth-order valence-corrected chi connectivity index (χ4v) is 3.21. The van der Waals surface area contributed by atoms with E-state index in [0.717, 1.165) is 33.8 Å². The summed E-state index contributed by atoms with van der Waals surface area (Å²) in [5.41, 5.74) is 5.66. The molecule has 2 N–H and O–H groups in total. The fraction of sp³-hybridized carbons (Fsp3) is 0.280. The van der Waals surface area contributed by atoms with E-state index in [4.69, 9.17) is 4.74 Å². The van der Waals surface area contributed by atoms with Gasteiger partial charge in [-0.15, -0.1) is 0 Å². The summed E-state index contributed by atoms with van der Waals surface area (Å²) in [4.78, 5) is 17.0. The van der Waals surface area contributed by atoms with Gasteiger partial charge in [0.2, 0.25) is 0 Å². The van der Waals surface area contributed by atoms with Gasteiger partial charge >= 0.3 is 6.03 Å². The highest BCUT2D eigenvalue weighted by atomic mass is 16.5. The van der Waals surface area contributed by atoms with Gasteiger partial charge in [0.15, 0.2) is 0 Å². The van der Waals surface area contributed by atoms with Gasteiger partial charge in [0.05, 0.1) is 5.69 Å². The zero-order valence-electron chi connectivity index (χ0n) is 18.2. The van der Waals surface area contributed by atoms with E-state index >= 15 is 0 Å². The summed E-state index contributed by atoms with van der Waals surface area (Å²) in [6, 6.07) is 17.6. The highest BCUT2D eigenvalue weighted by Crippen LogP contribution is 2.29. The van der Waals surface area contributed by atoms with Gasteiger partial charge in [0.1, 0.15) is 18.2 Å². The number of carbonyl (C=O) groups is 1. The van der Waals surface area contributed by atoms with Gasteiger partial charge in [-0.25, -0.2) is 9.78 Å². The molecule has 1 heterocycles. The van der Waals surface area contributed by atoms with E-state index < -0.39 is 0 Å². The number of carbonyl (C=O) groups excluding carboxylic acids is 1. The zero-order chi connectivity index (χ0) is 21.7. The Hall–Kier alpha value is -3.34. The molecule has 5 heteroatoms. The normalized spacial score (nSPS) is 10.7. The van der Waals surface area contributed by atoms with Crippen LogP contribution in [0.25, 0.3) is 0 Å². The van der Waals surface area contributed by atoms with Crippen molar-refractivity contribution in [3.63, 3.8) is 0 Å². The second kappa shape index (κ2) is 9.44. The van der Waals surface area contributed by atoms with Crippen molar-refractivity contribution in [3.8, 4) is 5.75 Å². The van der Waals surface area contributed by atoms with Crippen LogP contribution >= 0.6 is 0 Å². The summed E-state index contributed by atoms with van der Waals surface area (Å²) >= 11 is 0. The van der Waals surface area contributed by atoms with E-state index in [1.807, 2.05) is 75.4 Å². The summed E-state index contributed by atoms with van der Waals surface area (Å²) in [5, 5.41) is 5.72. The summed E-state index contributed by atoms with van der Waals surface area (Å²) in [6.07, 6.45) is 0. The van der Waals surface area contributed by atoms with Crippen molar-refractivity contribution in [3.05, 3.63) is 82.5 Å². The Morgan fingerprint density at radius 3 is 2.23 bits per heavy atom. The first-order valence-corrected chi connectivity index (χ1v) is 10.2. The van der Waals surface area contributed by atoms with Crippen LogP contribution in [0, 0.1) is 20.8 Å². The fourth-order valence-electron chi connectivity index (χ4n) is 3.21. The molecule has 156 valence electrons. The molecule has 0 saturated heterocycles. The number of pyridine rings is 1. The number of ether oxygens (including phenoxy) is 1. The minimum absolute atomic E-state index is 0.320. The van der Waals surface area contributed by atoms with E-state index in [1.54, 1.807) is 0 Å². The number of rotatable bonds is 6. The highest BCUT2D eigenvalue weighted by Gasteiger charge is 2.15. The van der Waals surface area contributed by atoms with E-state index in [-0.39, 0.29) is 6.03 Å².